The third-order valence-electron chi connectivity index (χ3n) is 1.71. The minimum Gasteiger partial charge on any atom is -0.267 e. The lowest BCUT2D eigenvalue weighted by atomic mass is 10.5. The molecule has 0 spiro atoms. The van der Waals surface area contributed by atoms with Gasteiger partial charge in [0.2, 0.25) is 0 Å². The molecule has 0 N–H and O–H groups in total. The summed E-state index contributed by atoms with van der Waals surface area (Å²) < 4.78 is 3.10. The second kappa shape index (κ2) is 3.64. The summed E-state index contributed by atoms with van der Waals surface area (Å²) in [5.41, 5.74) is 1.07. The number of aryl methyl sites for hydroxylation is 1. The first-order valence-electron chi connectivity index (χ1n) is 3.97. The number of rotatable bonds is 2. The van der Waals surface area contributed by atoms with Crippen LogP contribution in [0.3, 0.4) is 0 Å². The normalized spacial score (nSPS) is 10.6. The van der Waals surface area contributed by atoms with E-state index < -0.39 is 0 Å². The first kappa shape index (κ1) is 8.97. The van der Waals surface area contributed by atoms with Gasteiger partial charge in [0.05, 0.1) is 12.2 Å². The molecule has 68 valence electrons. The van der Waals surface area contributed by atoms with Crippen molar-refractivity contribution in [2.24, 2.45) is 0 Å². The molecule has 0 saturated heterocycles. The Kier molecular flexibility index (Phi) is 2.51. The molecule has 0 amide bonds. The smallest absolute Gasteiger partial charge is 0.0752 e. The molecule has 0 saturated carbocycles. The van der Waals surface area contributed by atoms with Crippen molar-refractivity contribution in [2.45, 2.75) is 13.5 Å². The molecule has 0 aliphatic rings. The van der Waals surface area contributed by atoms with Crippen LogP contribution in [0.2, 0.25) is 0 Å². The van der Waals surface area contributed by atoms with Gasteiger partial charge in [0.15, 0.2) is 0 Å². The monoisotopic (exact) mass is 256 g/mol. The molecule has 0 unspecified atom stereocenters. The first-order valence-corrected chi connectivity index (χ1v) is 5.64. The van der Waals surface area contributed by atoms with E-state index in [0.29, 0.717) is 0 Å². The van der Waals surface area contributed by atoms with Crippen molar-refractivity contribution in [1.29, 1.82) is 0 Å². The SMILES string of the molecule is Cc1ccn(Cc2cc(Br)cs2)n1. The van der Waals surface area contributed by atoms with Crippen LogP contribution in [-0.4, -0.2) is 9.78 Å². The van der Waals surface area contributed by atoms with Crippen molar-refractivity contribution in [3.8, 4) is 0 Å². The van der Waals surface area contributed by atoms with E-state index in [2.05, 4.69) is 32.5 Å². The summed E-state index contributed by atoms with van der Waals surface area (Å²) >= 11 is 5.18. The summed E-state index contributed by atoms with van der Waals surface area (Å²) in [6.45, 7) is 2.87. The zero-order valence-electron chi connectivity index (χ0n) is 7.20. The van der Waals surface area contributed by atoms with Crippen molar-refractivity contribution in [3.63, 3.8) is 0 Å². The van der Waals surface area contributed by atoms with E-state index in [-0.39, 0.29) is 0 Å². The van der Waals surface area contributed by atoms with Crippen LogP contribution in [0, 0.1) is 6.92 Å². The standard InChI is InChI=1S/C9H9BrN2S/c1-7-2-3-12(11-7)5-9-4-8(10)6-13-9/h2-4,6H,5H2,1H3. The van der Waals surface area contributed by atoms with Gasteiger partial charge in [-0.1, -0.05) is 0 Å². The second-order valence-electron chi connectivity index (χ2n) is 2.89. The summed E-state index contributed by atoms with van der Waals surface area (Å²) in [5.74, 6) is 0. The van der Waals surface area contributed by atoms with Crippen LogP contribution in [0.25, 0.3) is 0 Å². The number of hydrogen-bond acceptors (Lipinski definition) is 2. The molecule has 0 radical (unpaired) electrons. The molecule has 0 aliphatic carbocycles. The third kappa shape index (κ3) is 2.19. The molecule has 0 aliphatic heterocycles. The molecule has 2 aromatic heterocycles. The van der Waals surface area contributed by atoms with E-state index in [9.17, 15) is 0 Å². The summed E-state index contributed by atoms with van der Waals surface area (Å²) in [5, 5.41) is 6.41. The third-order valence-corrected chi connectivity index (χ3v) is 3.40. The lowest BCUT2D eigenvalue weighted by molar-refractivity contribution is 0.687. The largest absolute Gasteiger partial charge is 0.267 e. The Morgan fingerprint density at radius 1 is 1.62 bits per heavy atom. The number of hydrogen-bond donors (Lipinski definition) is 0. The Hall–Kier alpha value is -0.610. The fourth-order valence-electron chi connectivity index (χ4n) is 1.15. The van der Waals surface area contributed by atoms with Gasteiger partial charge >= 0.3 is 0 Å². The summed E-state index contributed by atoms with van der Waals surface area (Å²) in [6.07, 6.45) is 2.00. The molecule has 4 heteroatoms. The molecule has 0 bridgehead atoms. The van der Waals surface area contributed by atoms with Gasteiger partial charge in [-0.2, -0.15) is 5.10 Å². The fraction of sp³-hybridized carbons (Fsp3) is 0.222. The lowest BCUT2D eigenvalue weighted by Gasteiger charge is -1.96. The average molecular weight is 257 g/mol. The number of halogens is 1. The highest BCUT2D eigenvalue weighted by molar-refractivity contribution is 9.10. The lowest BCUT2D eigenvalue weighted by Crippen LogP contribution is -1.98. The van der Waals surface area contributed by atoms with Crippen LogP contribution in [0.15, 0.2) is 28.2 Å². The van der Waals surface area contributed by atoms with E-state index in [4.69, 9.17) is 0 Å². The van der Waals surface area contributed by atoms with Gasteiger partial charge in [0.1, 0.15) is 0 Å². The van der Waals surface area contributed by atoms with Crippen molar-refractivity contribution in [2.75, 3.05) is 0 Å². The van der Waals surface area contributed by atoms with Gasteiger partial charge in [0, 0.05) is 20.9 Å². The molecule has 2 rings (SSSR count). The van der Waals surface area contributed by atoms with Crippen LogP contribution in [-0.2, 0) is 6.54 Å². The first-order chi connectivity index (χ1) is 6.24. The van der Waals surface area contributed by atoms with Gasteiger partial charge in [-0.05, 0) is 35.0 Å². The second-order valence-corrected chi connectivity index (χ2v) is 4.80. The Balaban J connectivity index is 2.14. The van der Waals surface area contributed by atoms with E-state index in [0.717, 1.165) is 16.7 Å². The maximum atomic E-state index is 4.32. The Labute approximate surface area is 89.3 Å². The van der Waals surface area contributed by atoms with E-state index in [1.54, 1.807) is 11.3 Å². The van der Waals surface area contributed by atoms with Crippen LogP contribution < -0.4 is 0 Å². The molecule has 2 heterocycles. The zero-order chi connectivity index (χ0) is 9.26. The molecule has 2 aromatic rings. The van der Waals surface area contributed by atoms with Gasteiger partial charge in [0.25, 0.3) is 0 Å². The maximum absolute atomic E-state index is 4.32. The van der Waals surface area contributed by atoms with E-state index >= 15 is 0 Å². The van der Waals surface area contributed by atoms with Crippen molar-refractivity contribution >= 4 is 27.3 Å². The number of thiophene rings is 1. The van der Waals surface area contributed by atoms with Gasteiger partial charge in [-0.3, -0.25) is 4.68 Å². The van der Waals surface area contributed by atoms with Gasteiger partial charge < -0.3 is 0 Å². The van der Waals surface area contributed by atoms with Crippen LogP contribution in [0.5, 0.6) is 0 Å². The Bertz CT molecular complexity index is 367. The highest BCUT2D eigenvalue weighted by Crippen LogP contribution is 2.20. The average Bonchev–Trinajstić information content (AvgIpc) is 2.62. The quantitative estimate of drug-likeness (QED) is 0.808. The Morgan fingerprint density at radius 2 is 2.46 bits per heavy atom. The summed E-state index contributed by atoms with van der Waals surface area (Å²) in [7, 11) is 0. The number of nitrogens with zero attached hydrogens (tertiary/aromatic N) is 2. The molecule has 0 fully saturated rings. The van der Waals surface area contributed by atoms with Crippen molar-refractivity contribution in [3.05, 3.63) is 38.8 Å². The summed E-state index contributed by atoms with van der Waals surface area (Å²) in [4.78, 5) is 1.31. The summed E-state index contributed by atoms with van der Waals surface area (Å²) in [6, 6.07) is 4.14. The van der Waals surface area contributed by atoms with Crippen molar-refractivity contribution < 1.29 is 0 Å². The van der Waals surface area contributed by atoms with Crippen LogP contribution >= 0.6 is 27.3 Å². The minimum absolute atomic E-state index is 0.865. The van der Waals surface area contributed by atoms with Crippen molar-refractivity contribution in [1.82, 2.24) is 9.78 Å². The predicted octanol–water partition coefficient (Wildman–Crippen LogP) is 3.06. The molecular formula is C9H9BrN2S. The molecule has 13 heavy (non-hydrogen) atoms. The molecule has 0 aromatic carbocycles. The molecule has 0 atom stereocenters. The predicted molar refractivity (Wildman–Crippen MR) is 58.1 cm³/mol. The van der Waals surface area contributed by atoms with E-state index in [1.807, 2.05) is 23.9 Å². The molecular weight excluding hydrogens is 248 g/mol. The number of aromatic nitrogens is 2. The maximum Gasteiger partial charge on any atom is 0.0752 e. The van der Waals surface area contributed by atoms with E-state index in [1.165, 1.54) is 4.88 Å². The van der Waals surface area contributed by atoms with Crippen LogP contribution in [0.4, 0.5) is 0 Å². The highest BCUT2D eigenvalue weighted by atomic mass is 79.9. The topological polar surface area (TPSA) is 17.8 Å². The Morgan fingerprint density at radius 3 is 3.00 bits per heavy atom. The van der Waals surface area contributed by atoms with Gasteiger partial charge in [-0.15, -0.1) is 11.3 Å². The molecule has 2 nitrogen and oxygen atoms in total. The zero-order valence-corrected chi connectivity index (χ0v) is 9.60. The van der Waals surface area contributed by atoms with Gasteiger partial charge in [-0.25, -0.2) is 0 Å². The highest BCUT2D eigenvalue weighted by Gasteiger charge is 1.99. The fourth-order valence-corrected chi connectivity index (χ4v) is 2.59. The minimum atomic E-state index is 0.865. The van der Waals surface area contributed by atoms with Crippen LogP contribution in [0.1, 0.15) is 10.6 Å².